The van der Waals surface area contributed by atoms with Gasteiger partial charge >= 0.3 is 6.18 Å². The third kappa shape index (κ3) is 5.44. The number of aromatic nitrogens is 2. The predicted molar refractivity (Wildman–Crippen MR) is 112 cm³/mol. The summed E-state index contributed by atoms with van der Waals surface area (Å²) in [6.07, 6.45) is -3.72. The van der Waals surface area contributed by atoms with Crippen molar-refractivity contribution in [2.75, 3.05) is 11.9 Å². The van der Waals surface area contributed by atoms with Gasteiger partial charge in [-0.2, -0.15) is 13.2 Å². The van der Waals surface area contributed by atoms with E-state index in [0.29, 0.717) is 16.3 Å². The van der Waals surface area contributed by atoms with Crippen LogP contribution in [0.25, 0.3) is 0 Å². The average Bonchev–Trinajstić information content (AvgIpc) is 2.66. The first kappa shape index (κ1) is 22.0. The summed E-state index contributed by atoms with van der Waals surface area (Å²) in [6, 6.07) is 16.1. The highest BCUT2D eigenvalue weighted by Crippen LogP contribution is 2.40. The summed E-state index contributed by atoms with van der Waals surface area (Å²) >= 11 is 0.953. The Balaban J connectivity index is 2.02. The molecule has 0 amide bonds. The fourth-order valence-electron chi connectivity index (χ4n) is 2.65. The molecule has 8 heteroatoms. The molecular formula is C22H22F3N3OS. The Morgan fingerprint density at radius 3 is 2.20 bits per heavy atom. The van der Waals surface area contributed by atoms with Crippen LogP contribution < -0.4 is 9.64 Å². The van der Waals surface area contributed by atoms with Gasteiger partial charge in [0.05, 0.1) is 5.69 Å². The molecule has 1 aromatic heterocycles. The lowest BCUT2D eigenvalue weighted by molar-refractivity contribution is -0.140. The first-order chi connectivity index (χ1) is 14.0. The van der Waals surface area contributed by atoms with Crippen molar-refractivity contribution in [3.05, 3.63) is 66.4 Å². The van der Waals surface area contributed by atoms with Crippen LogP contribution in [0.5, 0.6) is 5.75 Å². The average molecular weight is 433 g/mol. The van der Waals surface area contributed by atoms with Crippen LogP contribution in [0.2, 0.25) is 0 Å². The second-order valence-electron chi connectivity index (χ2n) is 7.54. The van der Waals surface area contributed by atoms with Gasteiger partial charge in [0.1, 0.15) is 21.9 Å². The molecule has 30 heavy (non-hydrogen) atoms. The van der Waals surface area contributed by atoms with Gasteiger partial charge in [0.25, 0.3) is 0 Å². The van der Waals surface area contributed by atoms with Crippen LogP contribution in [0.3, 0.4) is 0 Å². The van der Waals surface area contributed by atoms with Crippen LogP contribution in [0.15, 0.2) is 70.7 Å². The Labute approximate surface area is 178 Å². The van der Waals surface area contributed by atoms with Gasteiger partial charge in [-0.05, 0) is 45.0 Å². The third-order valence-corrected chi connectivity index (χ3v) is 4.96. The van der Waals surface area contributed by atoms with Gasteiger partial charge < -0.3 is 9.64 Å². The maximum Gasteiger partial charge on any atom is 0.420 e. The number of rotatable bonds is 5. The van der Waals surface area contributed by atoms with E-state index in [4.69, 9.17) is 4.74 Å². The van der Waals surface area contributed by atoms with Crippen molar-refractivity contribution < 1.29 is 17.9 Å². The minimum Gasteiger partial charge on any atom is -0.486 e. The highest BCUT2D eigenvalue weighted by atomic mass is 32.2. The SMILES string of the molecule is CN(c1ncc(C(F)(F)F)c(Sc2ccccc2)n1)c1ccccc1OC(C)(C)C. The highest BCUT2D eigenvalue weighted by molar-refractivity contribution is 7.99. The number of nitrogens with zero attached hydrogens (tertiary/aromatic N) is 3. The van der Waals surface area contributed by atoms with Crippen molar-refractivity contribution >= 4 is 23.4 Å². The molecule has 0 saturated heterocycles. The molecule has 1 heterocycles. The van der Waals surface area contributed by atoms with Gasteiger partial charge in [-0.3, -0.25) is 0 Å². The van der Waals surface area contributed by atoms with E-state index in [0.717, 1.165) is 18.0 Å². The molecule has 3 rings (SSSR count). The second-order valence-corrected chi connectivity index (χ2v) is 8.61. The van der Waals surface area contributed by atoms with Gasteiger partial charge in [-0.15, -0.1) is 0 Å². The van der Waals surface area contributed by atoms with Gasteiger partial charge in [0.2, 0.25) is 5.95 Å². The molecule has 0 spiro atoms. The van der Waals surface area contributed by atoms with Crippen molar-refractivity contribution in [3.63, 3.8) is 0 Å². The van der Waals surface area contributed by atoms with E-state index in [2.05, 4.69) is 9.97 Å². The number of para-hydroxylation sites is 2. The van der Waals surface area contributed by atoms with E-state index >= 15 is 0 Å². The summed E-state index contributed by atoms with van der Waals surface area (Å²) in [4.78, 5) is 10.5. The summed E-state index contributed by atoms with van der Waals surface area (Å²) in [5.41, 5.74) is -0.651. The molecule has 0 aliphatic carbocycles. The maximum atomic E-state index is 13.5. The summed E-state index contributed by atoms with van der Waals surface area (Å²) in [5.74, 6) is 0.736. The Morgan fingerprint density at radius 1 is 0.933 bits per heavy atom. The number of hydrogen-bond acceptors (Lipinski definition) is 5. The summed E-state index contributed by atoms with van der Waals surface area (Å²) in [6.45, 7) is 5.77. The number of ether oxygens (including phenoxy) is 1. The van der Waals surface area contributed by atoms with E-state index < -0.39 is 17.3 Å². The molecular weight excluding hydrogens is 411 g/mol. The lowest BCUT2D eigenvalue weighted by Gasteiger charge is -2.26. The molecule has 158 valence electrons. The topological polar surface area (TPSA) is 38.2 Å². The first-order valence-electron chi connectivity index (χ1n) is 9.23. The lowest BCUT2D eigenvalue weighted by Crippen LogP contribution is -2.25. The molecule has 0 bridgehead atoms. The minimum atomic E-state index is -4.55. The Bertz CT molecular complexity index is 1000. The molecule has 2 aromatic carbocycles. The molecule has 0 fully saturated rings. The maximum absolute atomic E-state index is 13.5. The molecule has 0 aliphatic rings. The van der Waals surface area contributed by atoms with E-state index in [1.54, 1.807) is 48.3 Å². The fourth-order valence-corrected chi connectivity index (χ4v) is 3.57. The third-order valence-electron chi connectivity index (χ3n) is 3.95. The van der Waals surface area contributed by atoms with Crippen LogP contribution in [0, 0.1) is 0 Å². The van der Waals surface area contributed by atoms with Crippen molar-refractivity contribution in [1.82, 2.24) is 9.97 Å². The number of hydrogen-bond donors (Lipinski definition) is 0. The molecule has 0 unspecified atom stereocenters. The Hall–Kier alpha value is -2.74. The molecule has 0 aliphatic heterocycles. The van der Waals surface area contributed by atoms with E-state index in [-0.39, 0.29) is 11.0 Å². The molecule has 0 N–H and O–H groups in total. The zero-order valence-corrected chi connectivity index (χ0v) is 17.9. The summed E-state index contributed by atoms with van der Waals surface area (Å²) < 4.78 is 46.6. The molecule has 4 nitrogen and oxygen atoms in total. The van der Waals surface area contributed by atoms with E-state index in [9.17, 15) is 13.2 Å². The number of benzene rings is 2. The quantitative estimate of drug-likeness (QED) is 0.424. The highest BCUT2D eigenvalue weighted by Gasteiger charge is 2.36. The van der Waals surface area contributed by atoms with Gasteiger partial charge in [-0.1, -0.05) is 42.1 Å². The zero-order valence-electron chi connectivity index (χ0n) is 17.1. The smallest absolute Gasteiger partial charge is 0.420 e. The van der Waals surface area contributed by atoms with E-state index in [1.165, 1.54) is 0 Å². The van der Waals surface area contributed by atoms with Crippen LogP contribution in [0.4, 0.5) is 24.8 Å². The lowest BCUT2D eigenvalue weighted by atomic mass is 10.2. The molecule has 0 atom stereocenters. The summed E-state index contributed by atoms with van der Waals surface area (Å²) in [7, 11) is 1.70. The second kappa shape index (κ2) is 8.55. The van der Waals surface area contributed by atoms with Crippen LogP contribution in [0.1, 0.15) is 26.3 Å². The first-order valence-corrected chi connectivity index (χ1v) is 10.1. The van der Waals surface area contributed by atoms with Crippen LogP contribution in [-0.4, -0.2) is 22.6 Å². The molecule has 3 aromatic rings. The van der Waals surface area contributed by atoms with Gasteiger partial charge in [0.15, 0.2) is 0 Å². The van der Waals surface area contributed by atoms with Crippen LogP contribution in [-0.2, 0) is 6.18 Å². The van der Waals surface area contributed by atoms with Crippen LogP contribution >= 0.6 is 11.8 Å². The van der Waals surface area contributed by atoms with Gasteiger partial charge in [-0.25, -0.2) is 9.97 Å². The van der Waals surface area contributed by atoms with Crippen molar-refractivity contribution in [2.45, 2.75) is 42.5 Å². The molecule has 0 saturated carbocycles. The van der Waals surface area contributed by atoms with Gasteiger partial charge in [0, 0.05) is 18.1 Å². The number of halogens is 3. The number of anilines is 2. The monoisotopic (exact) mass is 433 g/mol. The normalized spacial score (nSPS) is 12.0. The standard InChI is InChI=1S/C22H22F3N3OS/c1-21(2,3)29-18-13-9-8-12-17(18)28(4)20-26-14-16(22(23,24)25)19(27-20)30-15-10-6-5-7-11-15/h5-14H,1-4H3. The Kier molecular flexibility index (Phi) is 6.26. The molecule has 0 radical (unpaired) electrons. The van der Waals surface area contributed by atoms with Crippen molar-refractivity contribution in [1.29, 1.82) is 0 Å². The summed E-state index contributed by atoms with van der Waals surface area (Å²) in [5, 5.41) is -0.153. The number of alkyl halides is 3. The Morgan fingerprint density at radius 2 is 1.57 bits per heavy atom. The van der Waals surface area contributed by atoms with Crippen molar-refractivity contribution in [3.8, 4) is 5.75 Å². The largest absolute Gasteiger partial charge is 0.486 e. The van der Waals surface area contributed by atoms with E-state index in [1.807, 2.05) is 39.0 Å². The fraction of sp³-hybridized carbons (Fsp3) is 0.273. The predicted octanol–water partition coefficient (Wildman–Crippen LogP) is 6.59. The minimum absolute atomic E-state index is 0.145. The van der Waals surface area contributed by atoms with Crippen molar-refractivity contribution in [2.24, 2.45) is 0 Å². The zero-order chi connectivity index (χ0) is 21.9.